The first kappa shape index (κ1) is 37.5. The van der Waals surface area contributed by atoms with E-state index in [1.807, 2.05) is 12.1 Å². The summed E-state index contributed by atoms with van der Waals surface area (Å²) in [6, 6.07) is 88.3. The lowest BCUT2D eigenvalue weighted by Gasteiger charge is -2.26. The zero-order chi connectivity index (χ0) is 44.0. The van der Waals surface area contributed by atoms with Crippen molar-refractivity contribution < 1.29 is 4.42 Å². The standard InChI is InChI=1S/C64H40N2O/c1-2-13-44-38-48(34-26-41(44)12-1)66-61-22-9-7-18-56(61)60-39-45(29-37-62(60)66)42-24-30-46(31-25-42)65(49-35-36-55-53-16-4-3-14-51(53)52-15-5-6-17-54(52)59(55)40-49)47-32-27-43(28-33-47)50-20-11-21-58-57-19-8-10-23-63(57)67-64(50)58/h1-40H. The van der Waals surface area contributed by atoms with Crippen molar-refractivity contribution in [2.24, 2.45) is 0 Å². The fraction of sp³-hybridized carbons (Fsp3) is 0. The van der Waals surface area contributed by atoms with Gasteiger partial charge in [0, 0.05) is 49.9 Å². The number of rotatable bonds is 6. The summed E-state index contributed by atoms with van der Waals surface area (Å²) in [7, 11) is 0. The molecule has 14 aromatic rings. The largest absolute Gasteiger partial charge is 0.455 e. The molecule has 0 bridgehead atoms. The van der Waals surface area contributed by atoms with Gasteiger partial charge in [0.1, 0.15) is 11.2 Å². The number of nitrogens with zero attached hydrogens (tertiary/aromatic N) is 2. The summed E-state index contributed by atoms with van der Waals surface area (Å²) in [5.41, 5.74) is 13.1. The highest BCUT2D eigenvalue weighted by molar-refractivity contribution is 6.26. The Labute approximate surface area is 386 Å². The number of furan rings is 1. The van der Waals surface area contributed by atoms with E-state index in [0.29, 0.717) is 0 Å². The Bertz CT molecular complexity index is 4240. The minimum absolute atomic E-state index is 0.903. The Morgan fingerprint density at radius 3 is 1.60 bits per heavy atom. The molecular weight excluding hydrogens is 813 g/mol. The van der Waals surface area contributed by atoms with Gasteiger partial charge in [0.15, 0.2) is 0 Å². The highest BCUT2D eigenvalue weighted by Crippen LogP contribution is 2.43. The first-order valence-corrected chi connectivity index (χ1v) is 23.0. The minimum atomic E-state index is 0.903. The highest BCUT2D eigenvalue weighted by Gasteiger charge is 2.19. The van der Waals surface area contributed by atoms with Crippen molar-refractivity contribution in [2.75, 3.05) is 4.90 Å². The summed E-state index contributed by atoms with van der Waals surface area (Å²) in [6.07, 6.45) is 0. The van der Waals surface area contributed by atoms with Crippen molar-refractivity contribution in [3.63, 3.8) is 0 Å². The van der Waals surface area contributed by atoms with Crippen LogP contribution >= 0.6 is 0 Å². The second-order valence-corrected chi connectivity index (χ2v) is 17.6. The Morgan fingerprint density at radius 2 is 0.851 bits per heavy atom. The Hall–Kier alpha value is -8.92. The van der Waals surface area contributed by atoms with E-state index in [1.54, 1.807) is 0 Å². The van der Waals surface area contributed by atoms with Crippen molar-refractivity contribution in [2.45, 2.75) is 0 Å². The molecule has 0 amide bonds. The summed E-state index contributed by atoms with van der Waals surface area (Å²) >= 11 is 0. The third-order valence-electron chi connectivity index (χ3n) is 13.9. The Kier molecular flexibility index (Phi) is 8.28. The molecule has 0 N–H and O–H groups in total. The minimum Gasteiger partial charge on any atom is -0.455 e. The molecule has 3 heteroatoms. The number of aromatic nitrogens is 1. The van der Waals surface area contributed by atoms with Gasteiger partial charge in [-0.05, 0) is 133 Å². The fourth-order valence-corrected chi connectivity index (χ4v) is 10.8. The lowest BCUT2D eigenvalue weighted by atomic mass is 9.94. The van der Waals surface area contributed by atoms with Crippen LogP contribution in [0.5, 0.6) is 0 Å². The zero-order valence-corrected chi connectivity index (χ0v) is 36.4. The molecule has 0 fully saturated rings. The molecule has 14 rings (SSSR count). The van der Waals surface area contributed by atoms with Crippen LogP contribution in [0.15, 0.2) is 247 Å². The van der Waals surface area contributed by atoms with E-state index in [0.717, 1.165) is 55.8 Å². The van der Waals surface area contributed by atoms with Crippen LogP contribution in [0.4, 0.5) is 17.1 Å². The molecule has 0 aliphatic rings. The molecule has 312 valence electrons. The predicted molar refractivity (Wildman–Crippen MR) is 284 cm³/mol. The van der Waals surface area contributed by atoms with E-state index >= 15 is 0 Å². The van der Waals surface area contributed by atoms with Crippen molar-refractivity contribution in [3.05, 3.63) is 243 Å². The van der Waals surface area contributed by atoms with Gasteiger partial charge in [0.05, 0.1) is 11.0 Å². The molecule has 0 saturated heterocycles. The number of para-hydroxylation sites is 3. The fourth-order valence-electron chi connectivity index (χ4n) is 10.8. The van der Waals surface area contributed by atoms with E-state index in [1.165, 1.54) is 76.0 Å². The van der Waals surface area contributed by atoms with E-state index in [4.69, 9.17) is 4.42 Å². The van der Waals surface area contributed by atoms with Gasteiger partial charge in [0.2, 0.25) is 0 Å². The summed E-state index contributed by atoms with van der Waals surface area (Å²) in [5, 5.41) is 14.8. The molecule has 2 aromatic heterocycles. The summed E-state index contributed by atoms with van der Waals surface area (Å²) in [6.45, 7) is 0. The predicted octanol–water partition coefficient (Wildman–Crippen LogP) is 18.1. The van der Waals surface area contributed by atoms with Crippen molar-refractivity contribution >= 4 is 104 Å². The topological polar surface area (TPSA) is 21.3 Å². The van der Waals surface area contributed by atoms with Crippen LogP contribution in [-0.4, -0.2) is 4.57 Å². The Morgan fingerprint density at radius 1 is 0.299 bits per heavy atom. The van der Waals surface area contributed by atoms with E-state index < -0.39 is 0 Å². The van der Waals surface area contributed by atoms with Crippen molar-refractivity contribution in [1.82, 2.24) is 4.57 Å². The first-order chi connectivity index (χ1) is 33.2. The molecule has 3 nitrogen and oxygen atoms in total. The normalized spacial score (nSPS) is 11.9. The number of hydrogen-bond acceptors (Lipinski definition) is 2. The maximum absolute atomic E-state index is 6.48. The van der Waals surface area contributed by atoms with Crippen LogP contribution in [-0.2, 0) is 0 Å². The highest BCUT2D eigenvalue weighted by atomic mass is 16.3. The molecule has 0 radical (unpaired) electrons. The SMILES string of the molecule is c1ccc2cc(-n3c4ccccc4c4cc(-c5ccc(N(c6ccc(-c7cccc8c7oc7ccccc78)cc6)c6ccc7c8ccccc8c8ccccc8c7c6)cc5)ccc43)ccc2c1. The molecule has 12 aromatic carbocycles. The third kappa shape index (κ3) is 5.92. The van der Waals surface area contributed by atoms with E-state index in [-0.39, 0.29) is 0 Å². The maximum atomic E-state index is 6.48. The average Bonchev–Trinajstić information content (AvgIpc) is 3.95. The monoisotopic (exact) mass is 852 g/mol. The molecule has 67 heavy (non-hydrogen) atoms. The smallest absolute Gasteiger partial charge is 0.143 e. The average molecular weight is 853 g/mol. The van der Waals surface area contributed by atoms with Crippen LogP contribution in [0.3, 0.4) is 0 Å². The van der Waals surface area contributed by atoms with Crippen LogP contribution in [0, 0.1) is 0 Å². The lowest BCUT2D eigenvalue weighted by molar-refractivity contribution is 0.670. The molecule has 0 unspecified atom stereocenters. The quantitative estimate of drug-likeness (QED) is 0.155. The van der Waals surface area contributed by atoms with Gasteiger partial charge >= 0.3 is 0 Å². The van der Waals surface area contributed by atoms with Crippen LogP contribution in [0.25, 0.3) is 115 Å². The molecular formula is C64H40N2O. The second-order valence-electron chi connectivity index (χ2n) is 17.6. The van der Waals surface area contributed by atoms with Gasteiger partial charge in [-0.25, -0.2) is 0 Å². The first-order valence-electron chi connectivity index (χ1n) is 23.0. The maximum Gasteiger partial charge on any atom is 0.143 e. The van der Waals surface area contributed by atoms with Crippen LogP contribution in [0.1, 0.15) is 0 Å². The molecule has 2 heterocycles. The van der Waals surface area contributed by atoms with Gasteiger partial charge in [0.25, 0.3) is 0 Å². The summed E-state index contributed by atoms with van der Waals surface area (Å²) in [4.78, 5) is 2.39. The van der Waals surface area contributed by atoms with Crippen molar-refractivity contribution in [1.29, 1.82) is 0 Å². The Balaban J connectivity index is 0.898. The van der Waals surface area contributed by atoms with Gasteiger partial charge in [-0.2, -0.15) is 0 Å². The third-order valence-corrected chi connectivity index (χ3v) is 13.9. The molecule has 0 saturated carbocycles. The van der Waals surface area contributed by atoms with Crippen LogP contribution < -0.4 is 4.90 Å². The lowest BCUT2D eigenvalue weighted by Crippen LogP contribution is -2.10. The van der Waals surface area contributed by atoms with Gasteiger partial charge in [-0.15, -0.1) is 0 Å². The number of hydrogen-bond donors (Lipinski definition) is 0. The van der Waals surface area contributed by atoms with Crippen LogP contribution in [0.2, 0.25) is 0 Å². The number of anilines is 3. The second kappa shape index (κ2) is 14.8. The van der Waals surface area contributed by atoms with Gasteiger partial charge in [-0.1, -0.05) is 170 Å². The van der Waals surface area contributed by atoms with E-state index in [9.17, 15) is 0 Å². The molecule has 0 aliphatic heterocycles. The van der Waals surface area contributed by atoms with E-state index in [2.05, 4.69) is 240 Å². The number of fused-ring (bicyclic) bond motifs is 13. The number of benzene rings is 12. The van der Waals surface area contributed by atoms with Crippen molar-refractivity contribution in [3.8, 4) is 27.9 Å². The summed E-state index contributed by atoms with van der Waals surface area (Å²) < 4.78 is 8.88. The molecule has 0 spiro atoms. The molecule has 0 atom stereocenters. The summed E-state index contributed by atoms with van der Waals surface area (Å²) in [5.74, 6) is 0. The zero-order valence-electron chi connectivity index (χ0n) is 36.4. The van der Waals surface area contributed by atoms with Gasteiger partial charge in [-0.3, -0.25) is 0 Å². The molecule has 0 aliphatic carbocycles. The van der Waals surface area contributed by atoms with Gasteiger partial charge < -0.3 is 13.9 Å².